The highest BCUT2D eigenvalue weighted by Gasteiger charge is 2.03. The van der Waals surface area contributed by atoms with Crippen molar-refractivity contribution in [1.82, 2.24) is 9.78 Å². The topological polar surface area (TPSA) is 56.1 Å². The summed E-state index contributed by atoms with van der Waals surface area (Å²) in [6.07, 6.45) is 5.08. The largest absolute Gasteiger partial charge is 0.497 e. The van der Waals surface area contributed by atoms with Crippen molar-refractivity contribution in [2.75, 3.05) is 12.4 Å². The molecule has 132 valence electrons. The van der Waals surface area contributed by atoms with Gasteiger partial charge in [-0.2, -0.15) is 5.10 Å². The molecule has 2 aromatic carbocycles. The normalized spacial score (nSPS) is 10.8. The lowest BCUT2D eigenvalue weighted by molar-refractivity contribution is -0.111. The third kappa shape index (κ3) is 4.83. The van der Waals surface area contributed by atoms with Crippen LogP contribution in [-0.4, -0.2) is 22.8 Å². The molecule has 26 heavy (non-hydrogen) atoms. The van der Waals surface area contributed by atoms with Gasteiger partial charge in [0.15, 0.2) is 5.82 Å². The summed E-state index contributed by atoms with van der Waals surface area (Å²) in [5.74, 6) is 1.09. The lowest BCUT2D eigenvalue weighted by Crippen LogP contribution is -2.09. The molecule has 5 nitrogen and oxygen atoms in total. The van der Waals surface area contributed by atoms with Crippen LogP contribution in [0.4, 0.5) is 5.82 Å². The molecule has 0 unspecified atom stereocenters. The summed E-state index contributed by atoms with van der Waals surface area (Å²) in [5, 5.41) is 7.15. The molecule has 1 amide bonds. The SMILES string of the molecule is COc1ccc(/C=C/C(=O)Nc2ccn(Cc3ccc(C)cc3)n2)cc1. The highest BCUT2D eigenvalue weighted by atomic mass is 16.5. The number of anilines is 1. The Morgan fingerprint density at radius 1 is 1.12 bits per heavy atom. The van der Waals surface area contributed by atoms with E-state index < -0.39 is 0 Å². The minimum atomic E-state index is -0.221. The van der Waals surface area contributed by atoms with Crippen LogP contribution in [0.25, 0.3) is 6.08 Å². The highest BCUT2D eigenvalue weighted by Crippen LogP contribution is 2.12. The van der Waals surface area contributed by atoms with Crippen LogP contribution >= 0.6 is 0 Å². The number of rotatable bonds is 6. The minimum absolute atomic E-state index is 0.221. The van der Waals surface area contributed by atoms with Gasteiger partial charge < -0.3 is 10.1 Å². The number of nitrogens with one attached hydrogen (secondary N) is 1. The second-order valence-corrected chi connectivity index (χ2v) is 5.98. The van der Waals surface area contributed by atoms with E-state index in [4.69, 9.17) is 4.74 Å². The van der Waals surface area contributed by atoms with Gasteiger partial charge in [0.05, 0.1) is 13.7 Å². The van der Waals surface area contributed by atoms with Crippen molar-refractivity contribution >= 4 is 17.8 Å². The molecule has 0 fully saturated rings. The predicted molar refractivity (Wildman–Crippen MR) is 103 cm³/mol. The van der Waals surface area contributed by atoms with Crippen molar-refractivity contribution in [3.8, 4) is 5.75 Å². The number of hydrogen-bond donors (Lipinski definition) is 1. The summed E-state index contributed by atoms with van der Waals surface area (Å²) in [4.78, 5) is 12.0. The first-order valence-electron chi connectivity index (χ1n) is 8.34. The van der Waals surface area contributed by atoms with E-state index in [0.717, 1.165) is 16.9 Å². The molecule has 1 heterocycles. The van der Waals surface area contributed by atoms with Crippen LogP contribution in [0.1, 0.15) is 16.7 Å². The highest BCUT2D eigenvalue weighted by molar-refractivity contribution is 6.01. The van der Waals surface area contributed by atoms with Gasteiger partial charge in [0.1, 0.15) is 5.75 Å². The molecule has 5 heteroatoms. The van der Waals surface area contributed by atoms with Gasteiger partial charge in [-0.3, -0.25) is 9.48 Å². The Labute approximate surface area is 152 Å². The Morgan fingerprint density at radius 3 is 2.54 bits per heavy atom. The number of amides is 1. The van der Waals surface area contributed by atoms with Crippen molar-refractivity contribution in [3.63, 3.8) is 0 Å². The minimum Gasteiger partial charge on any atom is -0.497 e. The maximum atomic E-state index is 12.0. The number of hydrogen-bond acceptors (Lipinski definition) is 3. The first-order chi connectivity index (χ1) is 12.6. The van der Waals surface area contributed by atoms with E-state index in [1.165, 1.54) is 11.6 Å². The van der Waals surface area contributed by atoms with Crippen LogP contribution in [0.3, 0.4) is 0 Å². The van der Waals surface area contributed by atoms with E-state index in [2.05, 4.69) is 41.6 Å². The third-order valence-corrected chi connectivity index (χ3v) is 3.90. The third-order valence-electron chi connectivity index (χ3n) is 3.90. The molecule has 0 bridgehead atoms. The first-order valence-corrected chi connectivity index (χ1v) is 8.34. The average molecular weight is 347 g/mol. The Morgan fingerprint density at radius 2 is 1.85 bits per heavy atom. The molecule has 0 aliphatic heterocycles. The second-order valence-electron chi connectivity index (χ2n) is 5.98. The summed E-state index contributed by atoms with van der Waals surface area (Å²) >= 11 is 0. The summed E-state index contributed by atoms with van der Waals surface area (Å²) in [5.41, 5.74) is 3.31. The average Bonchev–Trinajstić information content (AvgIpc) is 3.09. The number of ether oxygens (including phenoxy) is 1. The van der Waals surface area contributed by atoms with E-state index in [9.17, 15) is 4.79 Å². The zero-order valence-corrected chi connectivity index (χ0v) is 14.8. The van der Waals surface area contributed by atoms with Crippen molar-refractivity contribution in [2.24, 2.45) is 0 Å². The van der Waals surface area contributed by atoms with E-state index in [1.54, 1.807) is 23.9 Å². The van der Waals surface area contributed by atoms with E-state index in [0.29, 0.717) is 12.4 Å². The second kappa shape index (κ2) is 8.16. The molecule has 0 saturated carbocycles. The number of aromatic nitrogens is 2. The standard InChI is InChI=1S/C21H21N3O2/c1-16-3-5-18(6-4-16)15-24-14-13-20(23-24)22-21(25)12-9-17-7-10-19(26-2)11-8-17/h3-14H,15H2,1-2H3,(H,22,23,25)/b12-9+. The quantitative estimate of drug-likeness (QED) is 0.688. The van der Waals surface area contributed by atoms with Gasteiger partial charge in [0, 0.05) is 18.3 Å². The number of benzene rings is 2. The van der Waals surface area contributed by atoms with Crippen LogP contribution in [0.5, 0.6) is 5.75 Å². The van der Waals surface area contributed by atoms with Gasteiger partial charge in [-0.05, 0) is 36.3 Å². The van der Waals surface area contributed by atoms with Gasteiger partial charge in [-0.1, -0.05) is 42.0 Å². The predicted octanol–water partition coefficient (Wildman–Crippen LogP) is 3.90. The molecule has 1 N–H and O–H groups in total. The zero-order valence-electron chi connectivity index (χ0n) is 14.8. The van der Waals surface area contributed by atoms with E-state index in [1.807, 2.05) is 30.5 Å². The lowest BCUT2D eigenvalue weighted by atomic mass is 10.1. The number of nitrogens with zero attached hydrogens (tertiary/aromatic N) is 2. The van der Waals surface area contributed by atoms with E-state index in [-0.39, 0.29) is 5.91 Å². The number of aryl methyl sites for hydroxylation is 1. The Kier molecular flexibility index (Phi) is 5.49. The molecule has 0 aliphatic rings. The molecular formula is C21H21N3O2. The lowest BCUT2D eigenvalue weighted by Gasteiger charge is -2.02. The van der Waals surface area contributed by atoms with Crippen molar-refractivity contribution in [3.05, 3.63) is 83.6 Å². The van der Waals surface area contributed by atoms with Gasteiger partial charge >= 0.3 is 0 Å². The molecule has 0 spiro atoms. The number of carbonyl (C=O) groups is 1. The van der Waals surface area contributed by atoms with E-state index >= 15 is 0 Å². The van der Waals surface area contributed by atoms with Gasteiger partial charge in [0.25, 0.3) is 0 Å². The summed E-state index contributed by atoms with van der Waals surface area (Å²) in [7, 11) is 1.62. The van der Waals surface area contributed by atoms with Gasteiger partial charge in [-0.25, -0.2) is 0 Å². The number of methoxy groups -OCH3 is 1. The van der Waals surface area contributed by atoms with Crippen LogP contribution in [0, 0.1) is 6.92 Å². The van der Waals surface area contributed by atoms with Crippen LogP contribution in [0.15, 0.2) is 66.9 Å². The molecule has 3 rings (SSSR count). The van der Waals surface area contributed by atoms with Crippen molar-refractivity contribution in [1.29, 1.82) is 0 Å². The Hall–Kier alpha value is -3.34. The summed E-state index contributed by atoms with van der Waals surface area (Å²) in [6, 6.07) is 17.6. The molecule has 0 atom stereocenters. The van der Waals surface area contributed by atoms with Crippen LogP contribution < -0.4 is 10.1 Å². The fourth-order valence-electron chi connectivity index (χ4n) is 2.45. The monoisotopic (exact) mass is 347 g/mol. The smallest absolute Gasteiger partial charge is 0.249 e. The summed E-state index contributed by atoms with van der Waals surface area (Å²) < 4.78 is 6.91. The van der Waals surface area contributed by atoms with Crippen LogP contribution in [0.2, 0.25) is 0 Å². The fraction of sp³-hybridized carbons (Fsp3) is 0.143. The van der Waals surface area contributed by atoms with Crippen LogP contribution in [-0.2, 0) is 11.3 Å². The molecule has 0 saturated heterocycles. The maximum absolute atomic E-state index is 12.0. The Balaban J connectivity index is 1.56. The molecule has 0 aliphatic carbocycles. The van der Waals surface area contributed by atoms with Gasteiger partial charge in [0.2, 0.25) is 5.91 Å². The van der Waals surface area contributed by atoms with Gasteiger partial charge in [-0.15, -0.1) is 0 Å². The molecule has 1 aromatic heterocycles. The molecular weight excluding hydrogens is 326 g/mol. The number of carbonyl (C=O) groups excluding carboxylic acids is 1. The fourth-order valence-corrected chi connectivity index (χ4v) is 2.45. The zero-order chi connectivity index (χ0) is 18.4. The van der Waals surface area contributed by atoms with Crippen molar-refractivity contribution < 1.29 is 9.53 Å². The first kappa shape index (κ1) is 17.5. The summed E-state index contributed by atoms with van der Waals surface area (Å²) in [6.45, 7) is 2.72. The molecule has 0 radical (unpaired) electrons. The maximum Gasteiger partial charge on any atom is 0.249 e. The molecule has 3 aromatic rings. The van der Waals surface area contributed by atoms with Crippen molar-refractivity contribution in [2.45, 2.75) is 13.5 Å². The Bertz CT molecular complexity index is 894.